The number of hydrogen-bond acceptors (Lipinski definition) is 5. The van der Waals surface area contributed by atoms with Gasteiger partial charge in [-0.15, -0.1) is 0 Å². The number of amides is 1. The lowest BCUT2D eigenvalue weighted by molar-refractivity contribution is -0.142. The monoisotopic (exact) mass is 335 g/mol. The molecular weight excluding hydrogens is 317 g/mol. The van der Waals surface area contributed by atoms with Crippen molar-refractivity contribution in [3.8, 4) is 5.75 Å². The minimum atomic E-state index is -0.739. The molecule has 1 aromatic carbocycles. The summed E-state index contributed by atoms with van der Waals surface area (Å²) in [6.45, 7) is 1.77. The van der Waals surface area contributed by atoms with Gasteiger partial charge in [0.05, 0.1) is 12.8 Å². The Hall–Kier alpha value is -2.90. The van der Waals surface area contributed by atoms with Crippen LogP contribution in [0, 0.1) is 5.82 Å². The van der Waals surface area contributed by atoms with Crippen molar-refractivity contribution in [2.45, 2.75) is 26.0 Å². The van der Waals surface area contributed by atoms with Crippen molar-refractivity contribution < 1.29 is 23.5 Å². The Bertz CT molecular complexity index is 717. The smallest absolute Gasteiger partial charge is 0.328 e. The van der Waals surface area contributed by atoms with Crippen molar-refractivity contribution in [2.75, 3.05) is 7.11 Å². The van der Waals surface area contributed by atoms with Gasteiger partial charge in [-0.25, -0.2) is 9.18 Å². The SMILES string of the molecule is CC[C@@H](NC(=O)c1cc(COc2ccccc2F)[nH]n1)C(=O)OC. The Labute approximate surface area is 138 Å². The number of methoxy groups -OCH3 is 1. The van der Waals surface area contributed by atoms with Crippen molar-refractivity contribution in [3.05, 3.63) is 47.5 Å². The molecule has 2 rings (SSSR count). The van der Waals surface area contributed by atoms with Gasteiger partial charge in [-0.3, -0.25) is 9.89 Å². The third kappa shape index (κ3) is 4.31. The standard InChI is InChI=1S/C16H18FN3O4/c1-3-12(16(22)23-2)18-15(21)13-8-10(19-20-13)9-24-14-7-5-4-6-11(14)17/h4-8,12H,3,9H2,1-2H3,(H,18,21)(H,19,20)/t12-/m1/s1. The lowest BCUT2D eigenvalue weighted by atomic mass is 10.2. The molecule has 24 heavy (non-hydrogen) atoms. The first-order valence-corrected chi connectivity index (χ1v) is 7.35. The second kappa shape index (κ2) is 8.09. The molecule has 8 heteroatoms. The molecule has 1 aromatic heterocycles. The lowest BCUT2D eigenvalue weighted by Gasteiger charge is -2.13. The topological polar surface area (TPSA) is 93.3 Å². The van der Waals surface area contributed by atoms with E-state index < -0.39 is 23.7 Å². The van der Waals surface area contributed by atoms with Crippen molar-refractivity contribution in [1.82, 2.24) is 15.5 Å². The van der Waals surface area contributed by atoms with Gasteiger partial charge in [0.2, 0.25) is 0 Å². The summed E-state index contributed by atoms with van der Waals surface area (Å²) < 4.78 is 23.4. The van der Waals surface area contributed by atoms with E-state index in [0.717, 1.165) is 0 Å². The zero-order chi connectivity index (χ0) is 17.5. The quantitative estimate of drug-likeness (QED) is 0.753. The number of hydrogen-bond donors (Lipinski definition) is 2. The van der Waals surface area contributed by atoms with Crippen LogP contribution in [-0.2, 0) is 16.1 Å². The summed E-state index contributed by atoms with van der Waals surface area (Å²) in [6.07, 6.45) is 0.395. The van der Waals surface area contributed by atoms with Crippen molar-refractivity contribution in [3.63, 3.8) is 0 Å². The number of benzene rings is 1. The zero-order valence-electron chi connectivity index (χ0n) is 13.3. The first-order valence-electron chi connectivity index (χ1n) is 7.35. The molecule has 7 nitrogen and oxygen atoms in total. The van der Waals surface area contributed by atoms with Crippen LogP contribution in [0.4, 0.5) is 4.39 Å². The molecule has 1 heterocycles. The third-order valence-electron chi connectivity index (χ3n) is 3.28. The second-order valence-electron chi connectivity index (χ2n) is 4.95. The number of nitrogens with one attached hydrogen (secondary N) is 2. The average Bonchev–Trinajstić information content (AvgIpc) is 3.07. The van der Waals surface area contributed by atoms with Gasteiger partial charge in [-0.1, -0.05) is 19.1 Å². The number of carbonyl (C=O) groups is 2. The van der Waals surface area contributed by atoms with Crippen LogP contribution in [0.25, 0.3) is 0 Å². The fourth-order valence-corrected chi connectivity index (χ4v) is 1.97. The van der Waals surface area contributed by atoms with E-state index in [9.17, 15) is 14.0 Å². The number of aromatic amines is 1. The molecule has 2 aromatic rings. The van der Waals surface area contributed by atoms with E-state index in [4.69, 9.17) is 4.74 Å². The van der Waals surface area contributed by atoms with E-state index >= 15 is 0 Å². The fraction of sp³-hybridized carbons (Fsp3) is 0.312. The van der Waals surface area contributed by atoms with Gasteiger partial charge in [-0.2, -0.15) is 5.10 Å². The highest BCUT2D eigenvalue weighted by atomic mass is 19.1. The largest absolute Gasteiger partial charge is 0.484 e. The van der Waals surface area contributed by atoms with Crippen molar-refractivity contribution >= 4 is 11.9 Å². The number of halogens is 1. The van der Waals surface area contributed by atoms with E-state index in [-0.39, 0.29) is 18.1 Å². The number of ether oxygens (including phenoxy) is 2. The number of aromatic nitrogens is 2. The molecular formula is C16H18FN3O4. The van der Waals surface area contributed by atoms with E-state index in [1.165, 1.54) is 25.3 Å². The summed E-state index contributed by atoms with van der Waals surface area (Å²) >= 11 is 0. The van der Waals surface area contributed by atoms with Gasteiger partial charge < -0.3 is 14.8 Å². The second-order valence-corrected chi connectivity index (χ2v) is 4.95. The molecule has 0 bridgehead atoms. The minimum Gasteiger partial charge on any atom is -0.484 e. The summed E-state index contributed by atoms with van der Waals surface area (Å²) in [6, 6.07) is 6.74. The Morgan fingerprint density at radius 3 is 2.79 bits per heavy atom. The van der Waals surface area contributed by atoms with Crippen LogP contribution in [-0.4, -0.2) is 35.2 Å². The molecule has 128 valence electrons. The van der Waals surface area contributed by atoms with Gasteiger partial charge in [0.25, 0.3) is 5.91 Å². The summed E-state index contributed by atoms with van der Waals surface area (Å²) in [5, 5.41) is 9.03. The van der Waals surface area contributed by atoms with E-state index in [2.05, 4.69) is 20.3 Å². The Morgan fingerprint density at radius 2 is 2.12 bits per heavy atom. The lowest BCUT2D eigenvalue weighted by Crippen LogP contribution is -2.41. The van der Waals surface area contributed by atoms with Crippen LogP contribution < -0.4 is 10.1 Å². The van der Waals surface area contributed by atoms with Gasteiger partial charge in [0.15, 0.2) is 11.6 Å². The average molecular weight is 335 g/mol. The van der Waals surface area contributed by atoms with Gasteiger partial charge in [0, 0.05) is 0 Å². The molecule has 1 amide bonds. The molecule has 2 N–H and O–H groups in total. The van der Waals surface area contributed by atoms with E-state index in [0.29, 0.717) is 12.1 Å². The molecule has 0 saturated carbocycles. The fourth-order valence-electron chi connectivity index (χ4n) is 1.97. The molecule has 0 aliphatic carbocycles. The Morgan fingerprint density at radius 1 is 1.38 bits per heavy atom. The minimum absolute atomic E-state index is 0.0232. The summed E-state index contributed by atoms with van der Waals surface area (Å²) in [4.78, 5) is 23.6. The van der Waals surface area contributed by atoms with Gasteiger partial charge in [0.1, 0.15) is 18.3 Å². The Kier molecular flexibility index (Phi) is 5.89. The molecule has 0 unspecified atom stereocenters. The van der Waals surface area contributed by atoms with Crippen LogP contribution in [0.5, 0.6) is 5.75 Å². The predicted octanol–water partition coefficient (Wildman–Crippen LogP) is 1.81. The Balaban J connectivity index is 1.96. The summed E-state index contributed by atoms with van der Waals surface area (Å²) in [7, 11) is 1.25. The molecule has 0 spiro atoms. The first kappa shape index (κ1) is 17.5. The van der Waals surface area contributed by atoms with Crippen LogP contribution >= 0.6 is 0 Å². The maximum absolute atomic E-state index is 13.5. The number of esters is 1. The third-order valence-corrected chi connectivity index (χ3v) is 3.28. The van der Waals surface area contributed by atoms with Crippen molar-refractivity contribution in [1.29, 1.82) is 0 Å². The number of H-pyrrole nitrogens is 1. The normalized spacial score (nSPS) is 11.6. The summed E-state index contributed by atoms with van der Waals surface area (Å²) in [5.74, 6) is -1.40. The molecule has 1 atom stereocenters. The van der Waals surface area contributed by atoms with Crippen LogP contribution in [0.15, 0.2) is 30.3 Å². The van der Waals surface area contributed by atoms with Gasteiger partial charge >= 0.3 is 5.97 Å². The number of nitrogens with zero attached hydrogens (tertiary/aromatic N) is 1. The highest BCUT2D eigenvalue weighted by Crippen LogP contribution is 2.16. The molecule has 0 saturated heterocycles. The molecule has 0 radical (unpaired) electrons. The zero-order valence-corrected chi connectivity index (χ0v) is 13.3. The van der Waals surface area contributed by atoms with E-state index in [1.807, 2.05) is 0 Å². The highest BCUT2D eigenvalue weighted by Gasteiger charge is 2.21. The van der Waals surface area contributed by atoms with E-state index in [1.54, 1.807) is 19.1 Å². The number of carbonyl (C=O) groups excluding carboxylic acids is 2. The maximum atomic E-state index is 13.5. The van der Waals surface area contributed by atoms with Crippen molar-refractivity contribution in [2.24, 2.45) is 0 Å². The number of rotatable bonds is 7. The summed E-state index contributed by atoms with van der Waals surface area (Å²) in [5.41, 5.74) is 0.596. The molecule has 0 aliphatic heterocycles. The van der Waals surface area contributed by atoms with Gasteiger partial charge in [-0.05, 0) is 24.6 Å². The van der Waals surface area contributed by atoms with Crippen LogP contribution in [0.1, 0.15) is 29.5 Å². The maximum Gasteiger partial charge on any atom is 0.328 e. The molecule has 0 fully saturated rings. The molecule has 0 aliphatic rings. The first-order chi connectivity index (χ1) is 11.5. The number of para-hydroxylation sites is 1. The van der Waals surface area contributed by atoms with Crippen LogP contribution in [0.3, 0.4) is 0 Å². The highest BCUT2D eigenvalue weighted by molar-refractivity contribution is 5.95. The predicted molar refractivity (Wildman–Crippen MR) is 82.9 cm³/mol. The van der Waals surface area contributed by atoms with Crippen LogP contribution in [0.2, 0.25) is 0 Å².